The van der Waals surface area contributed by atoms with E-state index < -0.39 is 24.5 Å². The van der Waals surface area contributed by atoms with Crippen LogP contribution in [0.15, 0.2) is 0 Å². The second-order valence-corrected chi connectivity index (χ2v) is 13.5. The lowest BCUT2D eigenvalue weighted by Crippen LogP contribution is -2.41. The maximum absolute atomic E-state index is 12.3. The SMILES string of the molecule is CCCCCCCCCCCCCCCCCC(=O)OC(O)(CCO)OC(=O)CCCCCCCCCCCCCCCCC. The van der Waals surface area contributed by atoms with Crippen molar-refractivity contribution in [2.45, 2.75) is 232 Å². The van der Waals surface area contributed by atoms with Gasteiger partial charge in [-0.05, 0) is 12.8 Å². The fourth-order valence-corrected chi connectivity index (χ4v) is 6.00. The molecule has 0 aromatic heterocycles. The Morgan fingerprint density at radius 3 is 0.867 bits per heavy atom. The summed E-state index contributed by atoms with van der Waals surface area (Å²) in [5, 5.41) is 19.9. The van der Waals surface area contributed by atoms with Gasteiger partial charge in [0.15, 0.2) is 0 Å². The summed E-state index contributed by atoms with van der Waals surface area (Å²) in [5.74, 6) is -3.57. The summed E-state index contributed by atoms with van der Waals surface area (Å²) >= 11 is 0. The number of ether oxygens (including phenoxy) is 2. The van der Waals surface area contributed by atoms with Crippen molar-refractivity contribution in [2.75, 3.05) is 6.61 Å². The average Bonchev–Trinajstić information content (AvgIpc) is 3.01. The largest absolute Gasteiger partial charge is 0.398 e. The zero-order valence-electron chi connectivity index (χ0n) is 30.1. The van der Waals surface area contributed by atoms with Crippen LogP contribution >= 0.6 is 0 Å². The molecule has 0 amide bonds. The molecule has 0 aromatic rings. The van der Waals surface area contributed by atoms with Gasteiger partial charge in [-0.15, -0.1) is 0 Å². The maximum Gasteiger partial charge on any atom is 0.375 e. The fraction of sp³-hybridized carbons (Fsp3) is 0.949. The molecule has 0 aliphatic carbocycles. The van der Waals surface area contributed by atoms with Crippen LogP contribution in [0, 0.1) is 0 Å². The van der Waals surface area contributed by atoms with E-state index in [1.165, 1.54) is 154 Å². The number of esters is 2. The molecule has 0 saturated carbocycles. The lowest BCUT2D eigenvalue weighted by atomic mass is 10.0. The summed E-state index contributed by atoms with van der Waals surface area (Å²) in [6, 6.07) is 0. The maximum atomic E-state index is 12.3. The third kappa shape index (κ3) is 32.6. The molecular formula is C39H76O6. The minimum absolute atomic E-state index is 0.169. The van der Waals surface area contributed by atoms with Crippen molar-refractivity contribution < 1.29 is 29.3 Å². The molecule has 268 valence electrons. The second-order valence-electron chi connectivity index (χ2n) is 13.5. The number of aliphatic hydroxyl groups is 2. The van der Waals surface area contributed by atoms with Gasteiger partial charge in [-0.2, -0.15) is 0 Å². The van der Waals surface area contributed by atoms with Crippen molar-refractivity contribution in [3.63, 3.8) is 0 Å². The van der Waals surface area contributed by atoms with Crippen molar-refractivity contribution in [1.29, 1.82) is 0 Å². The minimum atomic E-state index is -2.38. The first-order valence-electron chi connectivity index (χ1n) is 19.7. The van der Waals surface area contributed by atoms with E-state index >= 15 is 0 Å². The Hall–Kier alpha value is -1.14. The van der Waals surface area contributed by atoms with Gasteiger partial charge < -0.3 is 19.7 Å². The van der Waals surface area contributed by atoms with Gasteiger partial charge in [-0.25, -0.2) is 0 Å². The number of unbranched alkanes of at least 4 members (excludes halogenated alkanes) is 28. The van der Waals surface area contributed by atoms with Gasteiger partial charge in [0, 0.05) is 12.8 Å². The van der Waals surface area contributed by atoms with Crippen molar-refractivity contribution in [2.24, 2.45) is 0 Å². The first-order chi connectivity index (χ1) is 22.0. The fourth-order valence-electron chi connectivity index (χ4n) is 6.00. The minimum Gasteiger partial charge on any atom is -0.398 e. The van der Waals surface area contributed by atoms with E-state index in [1.807, 2.05) is 0 Å². The van der Waals surface area contributed by atoms with Crippen LogP contribution in [0.1, 0.15) is 226 Å². The molecule has 6 nitrogen and oxygen atoms in total. The Kier molecular flexibility index (Phi) is 33.3. The molecule has 0 unspecified atom stereocenters. The van der Waals surface area contributed by atoms with Crippen LogP contribution in [0.25, 0.3) is 0 Å². The van der Waals surface area contributed by atoms with Crippen molar-refractivity contribution in [3.05, 3.63) is 0 Å². The highest BCUT2D eigenvalue weighted by Crippen LogP contribution is 2.20. The molecule has 0 saturated heterocycles. The second kappa shape index (κ2) is 34.2. The van der Waals surface area contributed by atoms with E-state index in [4.69, 9.17) is 9.47 Å². The van der Waals surface area contributed by atoms with Crippen LogP contribution in [-0.4, -0.2) is 34.7 Å². The van der Waals surface area contributed by atoms with Gasteiger partial charge in [0.05, 0.1) is 13.0 Å². The summed E-state index contributed by atoms with van der Waals surface area (Å²) < 4.78 is 10.2. The molecule has 0 aromatic carbocycles. The number of aliphatic hydroxyl groups excluding tert-OH is 1. The first kappa shape index (κ1) is 43.9. The van der Waals surface area contributed by atoms with Gasteiger partial charge in [-0.1, -0.05) is 194 Å². The molecule has 0 spiro atoms. The van der Waals surface area contributed by atoms with Crippen LogP contribution in [0.3, 0.4) is 0 Å². The zero-order chi connectivity index (χ0) is 33.1. The smallest absolute Gasteiger partial charge is 0.375 e. The lowest BCUT2D eigenvalue weighted by molar-refractivity contribution is -0.329. The Morgan fingerprint density at radius 1 is 0.422 bits per heavy atom. The molecule has 0 atom stereocenters. The van der Waals surface area contributed by atoms with Crippen LogP contribution in [-0.2, 0) is 19.1 Å². The molecular weight excluding hydrogens is 564 g/mol. The predicted molar refractivity (Wildman–Crippen MR) is 188 cm³/mol. The zero-order valence-corrected chi connectivity index (χ0v) is 30.1. The highest BCUT2D eigenvalue weighted by Gasteiger charge is 2.35. The van der Waals surface area contributed by atoms with Crippen molar-refractivity contribution in [1.82, 2.24) is 0 Å². The number of rotatable bonds is 36. The summed E-state index contributed by atoms with van der Waals surface area (Å²) in [4.78, 5) is 24.6. The summed E-state index contributed by atoms with van der Waals surface area (Å²) in [5.41, 5.74) is 0. The molecule has 2 N–H and O–H groups in total. The molecule has 0 rings (SSSR count). The van der Waals surface area contributed by atoms with Gasteiger partial charge in [0.1, 0.15) is 0 Å². The number of hydrogen-bond donors (Lipinski definition) is 2. The number of hydrogen-bond acceptors (Lipinski definition) is 6. The Bertz CT molecular complexity index is 589. The molecule has 45 heavy (non-hydrogen) atoms. The summed E-state index contributed by atoms with van der Waals surface area (Å²) in [6.45, 7) is 4.07. The highest BCUT2D eigenvalue weighted by atomic mass is 16.8. The van der Waals surface area contributed by atoms with E-state index in [1.54, 1.807) is 0 Å². The molecule has 0 aliphatic heterocycles. The van der Waals surface area contributed by atoms with Crippen LogP contribution in [0.5, 0.6) is 0 Å². The Labute approximate surface area is 279 Å². The van der Waals surface area contributed by atoms with E-state index in [2.05, 4.69) is 13.8 Å². The molecule has 6 heteroatoms. The standard InChI is InChI=1S/C39H76O6/c1-3-5-7-9-11-13-15-17-19-21-23-25-27-29-31-33-37(41)44-39(43,35-36-40)45-38(42)34-32-30-28-26-24-22-20-18-16-14-12-10-8-6-4-2/h40,43H,3-36H2,1-2H3. The van der Waals surface area contributed by atoms with E-state index in [-0.39, 0.29) is 19.3 Å². The quantitative estimate of drug-likeness (QED) is 0.0402. The Balaban J connectivity index is 3.74. The molecule has 0 heterocycles. The van der Waals surface area contributed by atoms with Gasteiger partial charge >= 0.3 is 17.9 Å². The van der Waals surface area contributed by atoms with Crippen LogP contribution < -0.4 is 0 Å². The monoisotopic (exact) mass is 641 g/mol. The number of carbonyl (C=O) groups is 2. The Morgan fingerprint density at radius 2 is 0.644 bits per heavy atom. The third-order valence-electron chi connectivity index (χ3n) is 8.94. The van der Waals surface area contributed by atoms with Gasteiger partial charge in [-0.3, -0.25) is 9.59 Å². The molecule has 0 radical (unpaired) electrons. The highest BCUT2D eigenvalue weighted by molar-refractivity contribution is 5.71. The molecule has 0 bridgehead atoms. The van der Waals surface area contributed by atoms with Gasteiger partial charge in [0.25, 0.3) is 0 Å². The lowest BCUT2D eigenvalue weighted by Gasteiger charge is -2.26. The van der Waals surface area contributed by atoms with E-state index in [0.29, 0.717) is 12.8 Å². The summed E-state index contributed by atoms with van der Waals surface area (Å²) in [7, 11) is 0. The summed E-state index contributed by atoms with van der Waals surface area (Å²) in [6.07, 6.45) is 37.4. The normalized spacial score (nSPS) is 11.6. The van der Waals surface area contributed by atoms with E-state index in [9.17, 15) is 19.8 Å². The van der Waals surface area contributed by atoms with Crippen LogP contribution in [0.4, 0.5) is 0 Å². The average molecular weight is 641 g/mol. The van der Waals surface area contributed by atoms with Crippen molar-refractivity contribution >= 4 is 11.9 Å². The van der Waals surface area contributed by atoms with E-state index in [0.717, 1.165) is 25.7 Å². The number of carbonyl (C=O) groups excluding carboxylic acids is 2. The van der Waals surface area contributed by atoms with Crippen molar-refractivity contribution in [3.8, 4) is 0 Å². The third-order valence-corrected chi connectivity index (χ3v) is 8.94. The van der Waals surface area contributed by atoms with Crippen LogP contribution in [0.2, 0.25) is 0 Å². The van der Waals surface area contributed by atoms with Gasteiger partial charge in [0.2, 0.25) is 0 Å². The first-order valence-corrected chi connectivity index (χ1v) is 19.7. The topological polar surface area (TPSA) is 93.1 Å². The molecule has 0 aliphatic rings. The molecule has 0 fully saturated rings. The predicted octanol–water partition coefficient (Wildman–Crippen LogP) is 11.6.